The summed E-state index contributed by atoms with van der Waals surface area (Å²) in [5, 5.41) is 9.86. The van der Waals surface area contributed by atoms with Crippen molar-refractivity contribution in [2.75, 3.05) is 0 Å². The van der Waals surface area contributed by atoms with Crippen LogP contribution in [0.15, 0.2) is 0 Å². The maximum atomic E-state index is 9.86. The number of rotatable bonds is 2. The summed E-state index contributed by atoms with van der Waals surface area (Å²) >= 11 is 0. The van der Waals surface area contributed by atoms with Crippen LogP contribution in [0.4, 0.5) is 0 Å². The van der Waals surface area contributed by atoms with Gasteiger partial charge in [-0.2, -0.15) is 0 Å². The number of aliphatic hydroxyl groups is 1. The Hall–Kier alpha value is -0.0400. The van der Waals surface area contributed by atoms with Crippen LogP contribution in [0, 0.1) is 11.8 Å². The van der Waals surface area contributed by atoms with Gasteiger partial charge in [0.15, 0.2) is 0 Å². The van der Waals surface area contributed by atoms with Crippen LogP contribution in [0.1, 0.15) is 52.9 Å². The van der Waals surface area contributed by atoms with Crippen molar-refractivity contribution in [3.8, 4) is 0 Å². The molecule has 0 aliphatic heterocycles. The van der Waals surface area contributed by atoms with Crippen LogP contribution in [0.5, 0.6) is 0 Å². The number of hydrogen-bond donors (Lipinski definition) is 1. The maximum Gasteiger partial charge on any atom is 0.0622 e. The third-order valence-corrected chi connectivity index (χ3v) is 2.86. The van der Waals surface area contributed by atoms with Gasteiger partial charge in [-0.25, -0.2) is 0 Å². The highest BCUT2D eigenvalue weighted by molar-refractivity contribution is 4.82. The Morgan fingerprint density at radius 1 is 1.50 bits per heavy atom. The molecule has 0 aromatic carbocycles. The fraction of sp³-hybridized carbons (Fsp3) is 1.00. The van der Waals surface area contributed by atoms with Gasteiger partial charge in [0, 0.05) is 0 Å². The first-order valence-corrected chi connectivity index (χ1v) is 5.22. The molecule has 1 aliphatic carbocycles. The van der Waals surface area contributed by atoms with Gasteiger partial charge < -0.3 is 5.11 Å². The summed E-state index contributed by atoms with van der Waals surface area (Å²) in [7, 11) is 0. The van der Waals surface area contributed by atoms with Gasteiger partial charge in [0.05, 0.1) is 5.60 Å². The van der Waals surface area contributed by atoms with Crippen molar-refractivity contribution in [2.45, 2.75) is 58.5 Å². The monoisotopic (exact) mass is 170 g/mol. The molecule has 72 valence electrons. The highest BCUT2D eigenvalue weighted by Gasteiger charge is 2.29. The molecule has 0 unspecified atom stereocenters. The van der Waals surface area contributed by atoms with Gasteiger partial charge in [-0.3, -0.25) is 0 Å². The van der Waals surface area contributed by atoms with Crippen molar-refractivity contribution in [3.05, 3.63) is 0 Å². The first kappa shape index (κ1) is 10.0. The SMILES string of the molecule is CC(C)C[C@@H]1CCC[C@@](C)(O)C1. The van der Waals surface area contributed by atoms with Crippen LogP contribution in [-0.2, 0) is 0 Å². The third-order valence-electron chi connectivity index (χ3n) is 2.86. The summed E-state index contributed by atoms with van der Waals surface area (Å²) in [4.78, 5) is 0. The molecule has 0 heterocycles. The second-order valence-electron chi connectivity index (χ2n) is 5.09. The van der Waals surface area contributed by atoms with E-state index in [1.165, 1.54) is 19.3 Å². The van der Waals surface area contributed by atoms with Crippen LogP contribution in [-0.4, -0.2) is 10.7 Å². The van der Waals surface area contributed by atoms with E-state index in [1.54, 1.807) is 0 Å². The molecular formula is C11H22O. The summed E-state index contributed by atoms with van der Waals surface area (Å²) in [6, 6.07) is 0. The van der Waals surface area contributed by atoms with Gasteiger partial charge in [0.2, 0.25) is 0 Å². The van der Waals surface area contributed by atoms with Crippen molar-refractivity contribution in [2.24, 2.45) is 11.8 Å². The topological polar surface area (TPSA) is 20.2 Å². The first-order chi connectivity index (χ1) is 5.49. The van der Waals surface area contributed by atoms with Gasteiger partial charge in [0.1, 0.15) is 0 Å². The fourth-order valence-electron chi connectivity index (χ4n) is 2.47. The van der Waals surface area contributed by atoms with Crippen molar-refractivity contribution < 1.29 is 5.11 Å². The Labute approximate surface area is 76.2 Å². The lowest BCUT2D eigenvalue weighted by molar-refractivity contribution is -0.00260. The molecule has 0 aromatic rings. The molecule has 1 N–H and O–H groups in total. The molecule has 1 aliphatic rings. The van der Waals surface area contributed by atoms with E-state index in [4.69, 9.17) is 0 Å². The first-order valence-electron chi connectivity index (χ1n) is 5.22. The predicted octanol–water partition coefficient (Wildman–Crippen LogP) is 2.97. The smallest absolute Gasteiger partial charge is 0.0622 e. The molecule has 0 spiro atoms. The van der Waals surface area contributed by atoms with Crippen molar-refractivity contribution in [3.63, 3.8) is 0 Å². The van der Waals surface area contributed by atoms with Gasteiger partial charge in [-0.1, -0.05) is 26.7 Å². The average Bonchev–Trinajstić information content (AvgIpc) is 1.82. The van der Waals surface area contributed by atoms with E-state index in [2.05, 4.69) is 13.8 Å². The lowest BCUT2D eigenvalue weighted by Crippen LogP contribution is -2.32. The zero-order chi connectivity index (χ0) is 9.19. The van der Waals surface area contributed by atoms with Crippen molar-refractivity contribution in [1.82, 2.24) is 0 Å². The minimum atomic E-state index is -0.363. The molecule has 12 heavy (non-hydrogen) atoms. The fourth-order valence-corrected chi connectivity index (χ4v) is 2.47. The zero-order valence-corrected chi connectivity index (χ0v) is 8.64. The van der Waals surface area contributed by atoms with Gasteiger partial charge >= 0.3 is 0 Å². The van der Waals surface area contributed by atoms with E-state index in [1.807, 2.05) is 6.92 Å². The molecule has 2 atom stereocenters. The maximum absolute atomic E-state index is 9.86. The second-order valence-corrected chi connectivity index (χ2v) is 5.09. The van der Waals surface area contributed by atoms with Crippen molar-refractivity contribution in [1.29, 1.82) is 0 Å². The van der Waals surface area contributed by atoms with E-state index in [9.17, 15) is 5.11 Å². The molecular weight excluding hydrogens is 148 g/mol. The third kappa shape index (κ3) is 3.14. The number of hydrogen-bond acceptors (Lipinski definition) is 1. The van der Waals surface area contributed by atoms with E-state index in [0.29, 0.717) is 0 Å². The minimum absolute atomic E-state index is 0.363. The molecule has 1 rings (SSSR count). The summed E-state index contributed by atoms with van der Waals surface area (Å²) in [5.74, 6) is 1.55. The Morgan fingerprint density at radius 3 is 2.67 bits per heavy atom. The molecule has 1 nitrogen and oxygen atoms in total. The minimum Gasteiger partial charge on any atom is -0.390 e. The quantitative estimate of drug-likeness (QED) is 0.675. The van der Waals surface area contributed by atoms with Gasteiger partial charge in [-0.15, -0.1) is 0 Å². The molecule has 0 saturated heterocycles. The molecule has 1 heteroatoms. The van der Waals surface area contributed by atoms with Crippen LogP contribution >= 0.6 is 0 Å². The lowest BCUT2D eigenvalue weighted by Gasteiger charge is -2.34. The average molecular weight is 170 g/mol. The molecule has 0 aromatic heterocycles. The highest BCUT2D eigenvalue weighted by atomic mass is 16.3. The standard InChI is InChI=1S/C11H22O/c1-9(2)7-10-5-4-6-11(3,12)8-10/h9-10,12H,4-8H2,1-3H3/t10-,11+/m0/s1. The Morgan fingerprint density at radius 2 is 2.17 bits per heavy atom. The zero-order valence-electron chi connectivity index (χ0n) is 8.64. The molecule has 1 fully saturated rings. The predicted molar refractivity (Wildman–Crippen MR) is 52.0 cm³/mol. The summed E-state index contributed by atoms with van der Waals surface area (Å²) in [5.41, 5.74) is -0.363. The molecule has 0 bridgehead atoms. The highest BCUT2D eigenvalue weighted by Crippen LogP contribution is 2.35. The van der Waals surface area contributed by atoms with Gasteiger partial charge in [-0.05, 0) is 38.0 Å². The van der Waals surface area contributed by atoms with Crippen LogP contribution in [0.25, 0.3) is 0 Å². The molecule has 1 saturated carbocycles. The summed E-state index contributed by atoms with van der Waals surface area (Å²) in [6.45, 7) is 6.52. The second kappa shape index (κ2) is 3.78. The van der Waals surface area contributed by atoms with Gasteiger partial charge in [0.25, 0.3) is 0 Å². The molecule has 0 amide bonds. The van der Waals surface area contributed by atoms with E-state index >= 15 is 0 Å². The Balaban J connectivity index is 2.36. The van der Waals surface area contributed by atoms with Crippen LogP contribution in [0.3, 0.4) is 0 Å². The Kier molecular flexibility index (Phi) is 3.16. The van der Waals surface area contributed by atoms with Crippen LogP contribution in [0.2, 0.25) is 0 Å². The van der Waals surface area contributed by atoms with E-state index in [0.717, 1.165) is 24.7 Å². The summed E-state index contributed by atoms with van der Waals surface area (Å²) < 4.78 is 0. The summed E-state index contributed by atoms with van der Waals surface area (Å²) in [6.07, 6.45) is 5.85. The van der Waals surface area contributed by atoms with E-state index in [-0.39, 0.29) is 5.60 Å². The largest absolute Gasteiger partial charge is 0.390 e. The van der Waals surface area contributed by atoms with E-state index < -0.39 is 0 Å². The van der Waals surface area contributed by atoms with Crippen molar-refractivity contribution >= 4 is 0 Å². The lowest BCUT2D eigenvalue weighted by atomic mass is 9.76. The normalized spacial score (nSPS) is 37.2. The van der Waals surface area contributed by atoms with Crippen LogP contribution < -0.4 is 0 Å². The Bertz CT molecular complexity index is 138. The molecule has 0 radical (unpaired) electrons.